The molecular weight excluding hydrogens is 236 g/mol. The van der Waals surface area contributed by atoms with E-state index in [-0.39, 0.29) is 11.9 Å². The summed E-state index contributed by atoms with van der Waals surface area (Å²) in [6.45, 7) is 4.17. The maximum absolute atomic E-state index is 12.3. The van der Waals surface area contributed by atoms with Crippen molar-refractivity contribution in [1.82, 2.24) is 10.6 Å². The summed E-state index contributed by atoms with van der Waals surface area (Å²) in [7, 11) is 0. The average Bonchev–Trinajstić information content (AvgIpc) is 2.88. The third-order valence-electron chi connectivity index (χ3n) is 4.50. The largest absolute Gasteiger partial charge is 0.348 e. The molecule has 1 aromatic carbocycles. The van der Waals surface area contributed by atoms with Gasteiger partial charge in [0, 0.05) is 18.2 Å². The number of aryl methyl sites for hydroxylation is 2. The standard InChI is InChI=1S/C16H22N2O/c1-11-7-8-17-10-15(11)18-16(19)14-6-5-12-3-2-4-13(12)9-14/h5-6,9,11,15,17H,2-4,7-8,10H2,1H3,(H,18,19). The molecule has 1 saturated heterocycles. The quantitative estimate of drug-likeness (QED) is 0.850. The van der Waals surface area contributed by atoms with Crippen molar-refractivity contribution in [3.63, 3.8) is 0 Å². The van der Waals surface area contributed by atoms with E-state index >= 15 is 0 Å². The van der Waals surface area contributed by atoms with Gasteiger partial charge in [-0.3, -0.25) is 4.79 Å². The number of amides is 1. The van der Waals surface area contributed by atoms with Crippen molar-refractivity contribution < 1.29 is 4.79 Å². The van der Waals surface area contributed by atoms with Gasteiger partial charge in [0.05, 0.1) is 0 Å². The lowest BCUT2D eigenvalue weighted by Crippen LogP contribution is -2.50. The number of hydrogen-bond acceptors (Lipinski definition) is 2. The Morgan fingerprint density at radius 2 is 2.16 bits per heavy atom. The monoisotopic (exact) mass is 258 g/mol. The zero-order valence-electron chi connectivity index (χ0n) is 11.5. The van der Waals surface area contributed by atoms with Crippen LogP contribution in [-0.2, 0) is 12.8 Å². The molecule has 1 heterocycles. The third-order valence-corrected chi connectivity index (χ3v) is 4.50. The summed E-state index contributed by atoms with van der Waals surface area (Å²) in [5.41, 5.74) is 3.60. The van der Waals surface area contributed by atoms with E-state index in [0.29, 0.717) is 5.92 Å². The van der Waals surface area contributed by atoms with Crippen LogP contribution in [0.4, 0.5) is 0 Å². The molecule has 2 atom stereocenters. The smallest absolute Gasteiger partial charge is 0.251 e. The Morgan fingerprint density at radius 3 is 3.00 bits per heavy atom. The highest BCUT2D eigenvalue weighted by atomic mass is 16.1. The van der Waals surface area contributed by atoms with Crippen LogP contribution in [0.1, 0.15) is 41.3 Å². The van der Waals surface area contributed by atoms with Crippen molar-refractivity contribution in [2.75, 3.05) is 13.1 Å². The first kappa shape index (κ1) is 12.7. The summed E-state index contributed by atoms with van der Waals surface area (Å²) in [5.74, 6) is 0.634. The predicted molar refractivity (Wildman–Crippen MR) is 76.4 cm³/mol. The molecule has 19 heavy (non-hydrogen) atoms. The fraction of sp³-hybridized carbons (Fsp3) is 0.562. The molecule has 1 fully saturated rings. The van der Waals surface area contributed by atoms with Crippen LogP contribution in [0.5, 0.6) is 0 Å². The zero-order valence-corrected chi connectivity index (χ0v) is 11.5. The molecule has 0 aromatic heterocycles. The van der Waals surface area contributed by atoms with E-state index < -0.39 is 0 Å². The van der Waals surface area contributed by atoms with Crippen LogP contribution >= 0.6 is 0 Å². The molecule has 102 valence electrons. The number of hydrogen-bond donors (Lipinski definition) is 2. The highest BCUT2D eigenvalue weighted by Gasteiger charge is 2.23. The molecule has 2 N–H and O–H groups in total. The Bertz CT molecular complexity index is 484. The minimum Gasteiger partial charge on any atom is -0.348 e. The van der Waals surface area contributed by atoms with Gasteiger partial charge in [-0.1, -0.05) is 13.0 Å². The fourth-order valence-electron chi connectivity index (χ4n) is 3.15. The van der Waals surface area contributed by atoms with E-state index in [2.05, 4.69) is 29.7 Å². The van der Waals surface area contributed by atoms with Crippen molar-refractivity contribution in [3.8, 4) is 0 Å². The van der Waals surface area contributed by atoms with Crippen LogP contribution in [0, 0.1) is 5.92 Å². The molecule has 2 unspecified atom stereocenters. The molecule has 1 aliphatic heterocycles. The van der Waals surface area contributed by atoms with E-state index in [0.717, 1.165) is 31.5 Å². The molecule has 0 radical (unpaired) electrons. The molecule has 1 aromatic rings. The Labute approximate surface area is 114 Å². The SMILES string of the molecule is CC1CCNCC1NC(=O)c1ccc2c(c1)CCC2. The maximum atomic E-state index is 12.3. The fourth-order valence-corrected chi connectivity index (χ4v) is 3.15. The molecule has 1 amide bonds. The van der Waals surface area contributed by atoms with Crippen LogP contribution in [0.25, 0.3) is 0 Å². The van der Waals surface area contributed by atoms with Gasteiger partial charge in [0.1, 0.15) is 0 Å². The first-order chi connectivity index (χ1) is 9.24. The van der Waals surface area contributed by atoms with Gasteiger partial charge in [-0.15, -0.1) is 0 Å². The first-order valence-electron chi connectivity index (χ1n) is 7.37. The van der Waals surface area contributed by atoms with Gasteiger partial charge in [-0.05, 0) is 61.4 Å². The van der Waals surface area contributed by atoms with Crippen LogP contribution < -0.4 is 10.6 Å². The van der Waals surface area contributed by atoms with E-state index in [9.17, 15) is 4.79 Å². The summed E-state index contributed by atoms with van der Waals surface area (Å²) < 4.78 is 0. The molecule has 3 heteroatoms. The number of carbonyl (C=O) groups excluding carboxylic acids is 1. The van der Waals surface area contributed by atoms with E-state index in [4.69, 9.17) is 0 Å². The second kappa shape index (κ2) is 5.33. The Balaban J connectivity index is 1.70. The normalized spacial score (nSPS) is 25.9. The molecule has 1 aliphatic carbocycles. The minimum absolute atomic E-state index is 0.0789. The summed E-state index contributed by atoms with van der Waals surface area (Å²) in [4.78, 5) is 12.3. The number of fused-ring (bicyclic) bond motifs is 1. The van der Waals surface area contributed by atoms with E-state index in [1.54, 1.807) is 0 Å². The molecular formula is C16H22N2O. The second-order valence-corrected chi connectivity index (χ2v) is 5.89. The van der Waals surface area contributed by atoms with Gasteiger partial charge in [0.15, 0.2) is 0 Å². The summed E-state index contributed by atoms with van der Waals surface area (Å²) in [5, 5.41) is 6.52. The summed E-state index contributed by atoms with van der Waals surface area (Å²) in [6, 6.07) is 6.44. The number of nitrogens with one attached hydrogen (secondary N) is 2. The topological polar surface area (TPSA) is 41.1 Å². The van der Waals surface area contributed by atoms with Crippen molar-refractivity contribution in [3.05, 3.63) is 34.9 Å². The van der Waals surface area contributed by atoms with Crippen molar-refractivity contribution in [1.29, 1.82) is 0 Å². The van der Waals surface area contributed by atoms with Gasteiger partial charge in [-0.2, -0.15) is 0 Å². The van der Waals surface area contributed by atoms with Gasteiger partial charge in [-0.25, -0.2) is 0 Å². The van der Waals surface area contributed by atoms with E-state index in [1.807, 2.05) is 6.07 Å². The summed E-state index contributed by atoms with van der Waals surface area (Å²) >= 11 is 0. The van der Waals surface area contributed by atoms with Crippen LogP contribution in [-0.4, -0.2) is 25.0 Å². The van der Waals surface area contributed by atoms with Crippen molar-refractivity contribution >= 4 is 5.91 Å². The Kier molecular flexibility index (Phi) is 3.56. The van der Waals surface area contributed by atoms with Gasteiger partial charge >= 0.3 is 0 Å². The molecule has 0 saturated carbocycles. The molecule has 3 nitrogen and oxygen atoms in total. The summed E-state index contributed by atoms with van der Waals surface area (Å²) in [6.07, 6.45) is 4.65. The van der Waals surface area contributed by atoms with E-state index in [1.165, 1.54) is 24.0 Å². The Morgan fingerprint density at radius 1 is 1.32 bits per heavy atom. The van der Waals surface area contributed by atoms with Crippen molar-refractivity contribution in [2.24, 2.45) is 5.92 Å². The average molecular weight is 258 g/mol. The minimum atomic E-state index is 0.0789. The van der Waals surface area contributed by atoms with Crippen molar-refractivity contribution in [2.45, 2.75) is 38.6 Å². The second-order valence-electron chi connectivity index (χ2n) is 5.89. The molecule has 0 bridgehead atoms. The van der Waals surface area contributed by atoms with Crippen LogP contribution in [0.3, 0.4) is 0 Å². The highest BCUT2D eigenvalue weighted by molar-refractivity contribution is 5.94. The van der Waals surface area contributed by atoms with Crippen LogP contribution in [0.2, 0.25) is 0 Å². The number of carbonyl (C=O) groups is 1. The van der Waals surface area contributed by atoms with Gasteiger partial charge in [0.2, 0.25) is 0 Å². The highest BCUT2D eigenvalue weighted by Crippen LogP contribution is 2.23. The lowest BCUT2D eigenvalue weighted by Gasteiger charge is -2.30. The van der Waals surface area contributed by atoms with Gasteiger partial charge in [0.25, 0.3) is 5.91 Å². The lowest BCUT2D eigenvalue weighted by atomic mass is 9.94. The molecule has 3 rings (SSSR count). The number of piperidine rings is 1. The number of benzene rings is 1. The van der Waals surface area contributed by atoms with Crippen LogP contribution in [0.15, 0.2) is 18.2 Å². The first-order valence-corrected chi connectivity index (χ1v) is 7.37. The van der Waals surface area contributed by atoms with Gasteiger partial charge < -0.3 is 10.6 Å². The Hall–Kier alpha value is -1.35. The maximum Gasteiger partial charge on any atom is 0.251 e. The lowest BCUT2D eigenvalue weighted by molar-refractivity contribution is 0.0915. The number of rotatable bonds is 2. The molecule has 2 aliphatic rings. The third kappa shape index (κ3) is 2.66. The predicted octanol–water partition coefficient (Wildman–Crippen LogP) is 1.90. The molecule has 0 spiro atoms. The zero-order chi connectivity index (χ0) is 13.2.